The Bertz CT molecular complexity index is 1140. The standard InChI is InChI=1S/C22H24F2N4O3S2/c1-25-33-9-3-8-32-22-26-16(11-17(27-22)21(23)24)15-5-7-20(30)28(13-15)12-14-4-6-18(29)19(10-14)31-2/h4-7,10-11,13,21,25,29H,3,8-9,12H2,1-2H3. The first-order chi connectivity index (χ1) is 15.9. The van der Waals surface area contributed by atoms with Gasteiger partial charge in [0.05, 0.1) is 19.3 Å². The van der Waals surface area contributed by atoms with Gasteiger partial charge < -0.3 is 14.4 Å². The minimum atomic E-state index is -2.73. The quantitative estimate of drug-likeness (QED) is 0.176. The second kappa shape index (κ2) is 12.0. The largest absolute Gasteiger partial charge is 0.504 e. The van der Waals surface area contributed by atoms with Crippen molar-refractivity contribution in [1.82, 2.24) is 19.3 Å². The Hall–Kier alpha value is -2.63. The number of hydrogen-bond acceptors (Lipinski definition) is 8. The van der Waals surface area contributed by atoms with Gasteiger partial charge in [0.25, 0.3) is 12.0 Å². The molecule has 2 N–H and O–H groups in total. The summed E-state index contributed by atoms with van der Waals surface area (Å²) in [6, 6.07) is 8.98. The Morgan fingerprint density at radius 1 is 1.18 bits per heavy atom. The molecule has 7 nitrogen and oxygen atoms in total. The molecule has 176 valence electrons. The first-order valence-corrected chi connectivity index (χ1v) is 12.0. The van der Waals surface area contributed by atoms with E-state index in [1.807, 2.05) is 7.05 Å². The second-order valence-corrected chi connectivity index (χ2v) is 9.07. The van der Waals surface area contributed by atoms with Gasteiger partial charge >= 0.3 is 0 Å². The summed E-state index contributed by atoms with van der Waals surface area (Å²) in [5.74, 6) is 1.88. The fourth-order valence-electron chi connectivity index (χ4n) is 2.99. The Balaban J connectivity index is 1.88. The third kappa shape index (κ3) is 6.92. The summed E-state index contributed by atoms with van der Waals surface area (Å²) in [5, 5.41) is 10.1. The highest BCUT2D eigenvalue weighted by Crippen LogP contribution is 2.28. The zero-order chi connectivity index (χ0) is 23.8. The van der Waals surface area contributed by atoms with Crippen LogP contribution in [0.5, 0.6) is 11.5 Å². The van der Waals surface area contributed by atoms with Crippen molar-refractivity contribution < 1.29 is 18.6 Å². The van der Waals surface area contributed by atoms with E-state index in [0.717, 1.165) is 17.7 Å². The van der Waals surface area contributed by atoms with Gasteiger partial charge in [0, 0.05) is 29.3 Å². The molecule has 0 radical (unpaired) electrons. The molecule has 0 aliphatic carbocycles. The normalized spacial score (nSPS) is 11.2. The summed E-state index contributed by atoms with van der Waals surface area (Å²) in [5.41, 5.74) is 0.968. The van der Waals surface area contributed by atoms with Gasteiger partial charge in [-0.1, -0.05) is 29.8 Å². The number of hydrogen-bond donors (Lipinski definition) is 2. The number of methoxy groups -OCH3 is 1. The third-order valence-corrected chi connectivity index (χ3v) is 6.31. The maximum atomic E-state index is 13.5. The van der Waals surface area contributed by atoms with Gasteiger partial charge in [-0.15, -0.1) is 0 Å². The van der Waals surface area contributed by atoms with Crippen LogP contribution in [0.15, 0.2) is 52.5 Å². The molecule has 0 saturated heterocycles. The lowest BCUT2D eigenvalue weighted by molar-refractivity contribution is 0.145. The Labute approximate surface area is 198 Å². The highest BCUT2D eigenvalue weighted by Gasteiger charge is 2.15. The molecule has 1 aromatic carbocycles. The van der Waals surface area contributed by atoms with Gasteiger partial charge in [-0.05, 0) is 43.3 Å². The van der Waals surface area contributed by atoms with Crippen molar-refractivity contribution >= 4 is 23.7 Å². The summed E-state index contributed by atoms with van der Waals surface area (Å²) >= 11 is 2.90. The fourth-order valence-corrected chi connectivity index (χ4v) is 4.47. The molecule has 0 saturated carbocycles. The predicted octanol–water partition coefficient (Wildman–Crippen LogP) is 4.36. The number of phenols is 1. The predicted molar refractivity (Wildman–Crippen MR) is 127 cm³/mol. The van der Waals surface area contributed by atoms with Crippen molar-refractivity contribution in [3.05, 3.63) is 64.2 Å². The van der Waals surface area contributed by atoms with Crippen LogP contribution in [0.1, 0.15) is 24.1 Å². The highest BCUT2D eigenvalue weighted by molar-refractivity contribution is 7.99. The number of pyridine rings is 1. The molecule has 0 fully saturated rings. The second-order valence-electron chi connectivity index (χ2n) is 6.91. The van der Waals surface area contributed by atoms with Crippen molar-refractivity contribution in [3.63, 3.8) is 0 Å². The van der Waals surface area contributed by atoms with Crippen molar-refractivity contribution in [2.45, 2.75) is 24.5 Å². The molecule has 0 bridgehead atoms. The van der Waals surface area contributed by atoms with Gasteiger partial charge in [0.15, 0.2) is 16.7 Å². The number of nitrogens with zero attached hydrogens (tertiary/aromatic N) is 3. The molecule has 0 atom stereocenters. The van der Waals surface area contributed by atoms with Crippen LogP contribution in [0.25, 0.3) is 11.3 Å². The SMILES string of the molecule is CNSCCCSc1nc(-c2ccc(=O)n(Cc3ccc(O)c(OC)c3)c2)cc(C(F)F)n1. The number of thioether (sulfide) groups is 1. The lowest BCUT2D eigenvalue weighted by Crippen LogP contribution is -2.19. The van der Waals surface area contributed by atoms with Crippen LogP contribution in [0, 0.1) is 0 Å². The van der Waals surface area contributed by atoms with Gasteiger partial charge in [0.2, 0.25) is 0 Å². The van der Waals surface area contributed by atoms with Gasteiger partial charge in [-0.3, -0.25) is 9.52 Å². The highest BCUT2D eigenvalue weighted by atomic mass is 32.2. The van der Waals surface area contributed by atoms with Gasteiger partial charge in [0.1, 0.15) is 5.69 Å². The number of ether oxygens (including phenoxy) is 1. The van der Waals surface area contributed by atoms with E-state index in [4.69, 9.17) is 4.74 Å². The number of alkyl halides is 2. The minimum Gasteiger partial charge on any atom is -0.504 e. The van der Waals surface area contributed by atoms with Crippen molar-refractivity contribution in [1.29, 1.82) is 0 Å². The van der Waals surface area contributed by atoms with Crippen molar-refractivity contribution in [3.8, 4) is 22.8 Å². The average molecular weight is 495 g/mol. The summed E-state index contributed by atoms with van der Waals surface area (Å²) in [6.45, 7) is 0.209. The zero-order valence-electron chi connectivity index (χ0n) is 18.1. The number of halogens is 2. The van der Waals surface area contributed by atoms with Crippen molar-refractivity contribution in [2.75, 3.05) is 25.7 Å². The molecular weight excluding hydrogens is 470 g/mol. The number of phenolic OH excluding ortho intramolecular Hbond substituents is 1. The van der Waals surface area contributed by atoms with E-state index in [9.17, 15) is 18.7 Å². The number of benzene rings is 1. The average Bonchev–Trinajstić information content (AvgIpc) is 2.81. The minimum absolute atomic E-state index is 0.00237. The fraction of sp³-hybridized carbons (Fsp3) is 0.318. The van der Waals surface area contributed by atoms with E-state index in [0.29, 0.717) is 22.8 Å². The molecular formula is C22H24F2N4O3S2. The van der Waals surface area contributed by atoms with Crippen LogP contribution in [-0.2, 0) is 6.54 Å². The number of nitrogens with one attached hydrogen (secondary N) is 1. The maximum Gasteiger partial charge on any atom is 0.280 e. The van der Waals surface area contributed by atoms with Crippen molar-refractivity contribution in [2.24, 2.45) is 0 Å². The monoisotopic (exact) mass is 494 g/mol. The number of aromatic nitrogens is 3. The third-order valence-electron chi connectivity index (χ3n) is 4.59. The van der Waals surface area contributed by atoms with E-state index in [-0.39, 0.29) is 28.7 Å². The molecule has 0 unspecified atom stereocenters. The van der Waals surface area contributed by atoms with E-state index in [2.05, 4.69) is 14.7 Å². The molecule has 0 aliphatic heterocycles. The van der Waals surface area contributed by atoms with E-state index in [1.54, 1.807) is 36.3 Å². The molecule has 0 amide bonds. The topological polar surface area (TPSA) is 89.3 Å². The lowest BCUT2D eigenvalue weighted by Gasteiger charge is -2.11. The summed E-state index contributed by atoms with van der Waals surface area (Å²) < 4.78 is 36.5. The first-order valence-electron chi connectivity index (χ1n) is 10.1. The smallest absolute Gasteiger partial charge is 0.280 e. The molecule has 3 aromatic rings. The van der Waals surface area contributed by atoms with Crippen LogP contribution in [0.2, 0.25) is 0 Å². The van der Waals surface area contributed by atoms with E-state index >= 15 is 0 Å². The molecule has 0 aliphatic rings. The van der Waals surface area contributed by atoms with Crippen LogP contribution in [0.3, 0.4) is 0 Å². The van der Waals surface area contributed by atoms with Gasteiger partial charge in [-0.25, -0.2) is 18.7 Å². The van der Waals surface area contributed by atoms with E-state index < -0.39 is 6.43 Å². The summed E-state index contributed by atoms with van der Waals surface area (Å²) in [6.07, 6.45) is -0.285. The van der Waals surface area contributed by atoms with Crippen LogP contribution < -0.4 is 15.0 Å². The molecule has 2 aromatic heterocycles. The summed E-state index contributed by atoms with van der Waals surface area (Å²) in [7, 11) is 3.29. The Morgan fingerprint density at radius 2 is 2.00 bits per heavy atom. The van der Waals surface area contributed by atoms with Gasteiger partial charge in [-0.2, -0.15) is 0 Å². The Morgan fingerprint density at radius 3 is 2.73 bits per heavy atom. The Kier molecular flexibility index (Phi) is 9.10. The molecule has 2 heterocycles. The lowest BCUT2D eigenvalue weighted by atomic mass is 10.1. The van der Waals surface area contributed by atoms with Crippen LogP contribution in [-0.4, -0.2) is 45.3 Å². The van der Waals surface area contributed by atoms with E-state index in [1.165, 1.54) is 41.6 Å². The zero-order valence-corrected chi connectivity index (χ0v) is 19.8. The van der Waals surface area contributed by atoms with Crippen LogP contribution >= 0.6 is 23.7 Å². The molecule has 11 heteroatoms. The summed E-state index contributed by atoms with van der Waals surface area (Å²) in [4.78, 5) is 20.8. The molecule has 0 spiro atoms. The molecule has 33 heavy (non-hydrogen) atoms. The van der Waals surface area contributed by atoms with Crippen LogP contribution in [0.4, 0.5) is 8.78 Å². The number of rotatable bonds is 11. The maximum absolute atomic E-state index is 13.5. The number of aromatic hydroxyl groups is 1. The molecule has 3 rings (SSSR count). The first kappa shape index (κ1) is 25.0.